The molecule has 0 saturated carbocycles. The van der Waals surface area contributed by atoms with Crippen LogP contribution in [0.25, 0.3) is 67.3 Å². The molecule has 57 heavy (non-hydrogen) atoms. The Kier molecular flexibility index (Phi) is 10.2. The van der Waals surface area contributed by atoms with Crippen LogP contribution in [-0.2, 0) is 0 Å². The first kappa shape index (κ1) is 36.4. The summed E-state index contributed by atoms with van der Waals surface area (Å²) >= 11 is 5.98. The van der Waals surface area contributed by atoms with E-state index in [1.807, 2.05) is 108 Å². The fourth-order valence-electron chi connectivity index (χ4n) is 6.35. The van der Waals surface area contributed by atoms with E-state index in [0.717, 1.165) is 61.7 Å². The monoisotopic (exact) mass is 768 g/mol. The van der Waals surface area contributed by atoms with E-state index < -0.39 is 0 Å². The molecule has 6 aromatic heterocycles. The molecule has 3 aromatic carbocycles. The molecule has 0 aliphatic carbocycles. The summed E-state index contributed by atoms with van der Waals surface area (Å²) in [4.78, 5) is 41.3. The number of benzene rings is 3. The molecule has 9 aromatic rings. The number of fused-ring (bicyclic) bond motifs is 2. The summed E-state index contributed by atoms with van der Waals surface area (Å²) in [7, 11) is 3.23. The van der Waals surface area contributed by atoms with Crippen molar-refractivity contribution < 1.29 is 9.59 Å². The van der Waals surface area contributed by atoms with Gasteiger partial charge in [-0.3, -0.25) is 14.6 Å². The minimum absolute atomic E-state index is 0.120. The molecule has 0 unspecified atom stereocenters. The highest BCUT2D eigenvalue weighted by Gasteiger charge is 2.13. The number of nitrogens with one attached hydrogen (secondary N) is 2. The average molecular weight is 769 g/mol. The van der Waals surface area contributed by atoms with Crippen molar-refractivity contribution in [2.45, 2.75) is 0 Å². The van der Waals surface area contributed by atoms with Gasteiger partial charge in [-0.25, -0.2) is 24.0 Å². The van der Waals surface area contributed by atoms with Gasteiger partial charge in [-0.15, -0.1) is 0 Å². The quantitative estimate of drug-likeness (QED) is 0.156. The fourth-order valence-corrected chi connectivity index (χ4v) is 6.52. The first-order chi connectivity index (χ1) is 27.9. The lowest BCUT2D eigenvalue weighted by Gasteiger charge is -2.07. The number of hydrogen-bond donors (Lipinski definition) is 2. The van der Waals surface area contributed by atoms with Crippen molar-refractivity contribution in [3.8, 4) is 56.0 Å². The number of carbonyl (C=O) groups is 2. The minimum Gasteiger partial charge on any atom is -0.355 e. The molecule has 6 heterocycles. The molecule has 12 nitrogen and oxygen atoms in total. The Morgan fingerprint density at radius 2 is 1.00 bits per heavy atom. The van der Waals surface area contributed by atoms with Crippen molar-refractivity contribution in [3.05, 3.63) is 169 Å². The van der Waals surface area contributed by atoms with Crippen LogP contribution >= 0.6 is 11.6 Å². The highest BCUT2D eigenvalue weighted by atomic mass is 35.5. The van der Waals surface area contributed by atoms with Crippen molar-refractivity contribution in [2.24, 2.45) is 0 Å². The maximum Gasteiger partial charge on any atom is 0.251 e. The molecule has 0 spiro atoms. The molecular formula is C44H33ClN10O2. The summed E-state index contributed by atoms with van der Waals surface area (Å²) in [6.45, 7) is 0. The van der Waals surface area contributed by atoms with Crippen LogP contribution in [0.2, 0.25) is 5.15 Å². The minimum atomic E-state index is -0.126. The van der Waals surface area contributed by atoms with Gasteiger partial charge in [0, 0.05) is 65.4 Å². The third kappa shape index (κ3) is 7.70. The van der Waals surface area contributed by atoms with Gasteiger partial charge in [0.05, 0.1) is 41.9 Å². The van der Waals surface area contributed by atoms with Gasteiger partial charge in [0.2, 0.25) is 0 Å². The summed E-state index contributed by atoms with van der Waals surface area (Å²) in [6.07, 6.45) is 10.6. The smallest absolute Gasteiger partial charge is 0.251 e. The van der Waals surface area contributed by atoms with E-state index in [0.29, 0.717) is 21.9 Å². The lowest BCUT2D eigenvalue weighted by Crippen LogP contribution is -2.17. The molecule has 0 atom stereocenters. The van der Waals surface area contributed by atoms with E-state index in [-0.39, 0.29) is 11.8 Å². The fraction of sp³-hybridized carbons (Fsp3) is 0.0455. The van der Waals surface area contributed by atoms with Gasteiger partial charge in [-0.05, 0) is 71.8 Å². The average Bonchev–Trinajstić information content (AvgIpc) is 3.91. The third-order valence-corrected chi connectivity index (χ3v) is 9.45. The predicted molar refractivity (Wildman–Crippen MR) is 221 cm³/mol. The second-order valence-electron chi connectivity index (χ2n) is 12.8. The number of rotatable bonds is 7. The maximum atomic E-state index is 12.0. The van der Waals surface area contributed by atoms with Crippen LogP contribution in [0, 0.1) is 0 Å². The van der Waals surface area contributed by atoms with Gasteiger partial charge in [-0.2, -0.15) is 10.2 Å². The van der Waals surface area contributed by atoms with Crippen molar-refractivity contribution >= 4 is 34.7 Å². The molecular weight excluding hydrogens is 736 g/mol. The number of amides is 2. The molecule has 0 aliphatic heterocycles. The Morgan fingerprint density at radius 3 is 1.53 bits per heavy atom. The van der Waals surface area contributed by atoms with Crippen LogP contribution in [-0.4, -0.2) is 65.1 Å². The molecule has 2 N–H and O–H groups in total. The van der Waals surface area contributed by atoms with Gasteiger partial charge < -0.3 is 10.6 Å². The van der Waals surface area contributed by atoms with E-state index in [2.05, 4.69) is 40.8 Å². The van der Waals surface area contributed by atoms with Crippen LogP contribution in [0.5, 0.6) is 0 Å². The van der Waals surface area contributed by atoms with Gasteiger partial charge >= 0.3 is 0 Å². The summed E-state index contributed by atoms with van der Waals surface area (Å²) in [5.41, 5.74) is 11.8. The van der Waals surface area contributed by atoms with Crippen LogP contribution in [0.15, 0.2) is 152 Å². The van der Waals surface area contributed by atoms with Crippen molar-refractivity contribution in [3.63, 3.8) is 0 Å². The molecule has 0 radical (unpaired) electrons. The number of carbonyl (C=O) groups excluding carboxylic acids is 2. The molecule has 278 valence electrons. The molecule has 0 saturated heterocycles. The van der Waals surface area contributed by atoms with Crippen LogP contribution in [0.4, 0.5) is 0 Å². The zero-order chi connectivity index (χ0) is 39.3. The Hall–Kier alpha value is -7.57. The Labute approximate surface area is 331 Å². The number of imidazole rings is 2. The Morgan fingerprint density at radius 1 is 0.491 bits per heavy atom. The first-order valence-electron chi connectivity index (χ1n) is 17.8. The van der Waals surface area contributed by atoms with Gasteiger partial charge in [0.25, 0.3) is 11.8 Å². The van der Waals surface area contributed by atoms with Crippen molar-refractivity contribution in [2.75, 3.05) is 14.1 Å². The van der Waals surface area contributed by atoms with E-state index in [4.69, 9.17) is 11.6 Å². The van der Waals surface area contributed by atoms with Crippen LogP contribution < -0.4 is 10.6 Å². The van der Waals surface area contributed by atoms with E-state index in [1.54, 1.807) is 67.8 Å². The Bertz CT molecular complexity index is 2910. The van der Waals surface area contributed by atoms with Crippen molar-refractivity contribution in [1.82, 2.24) is 49.8 Å². The normalized spacial score (nSPS) is 10.9. The first-order valence-corrected chi connectivity index (χ1v) is 18.2. The number of pyridine rings is 2. The number of hydrogen-bond acceptors (Lipinski definition) is 8. The van der Waals surface area contributed by atoms with Gasteiger partial charge in [0.15, 0.2) is 11.3 Å². The summed E-state index contributed by atoms with van der Waals surface area (Å²) < 4.78 is 3.56. The zero-order valence-corrected chi connectivity index (χ0v) is 31.5. The molecule has 0 bridgehead atoms. The van der Waals surface area contributed by atoms with Crippen LogP contribution in [0.3, 0.4) is 0 Å². The molecule has 13 heteroatoms. The van der Waals surface area contributed by atoms with E-state index in [9.17, 15) is 9.59 Å². The second kappa shape index (κ2) is 16.0. The van der Waals surface area contributed by atoms with Crippen LogP contribution in [0.1, 0.15) is 20.7 Å². The lowest BCUT2D eigenvalue weighted by atomic mass is 10.0. The highest BCUT2D eigenvalue weighted by molar-refractivity contribution is 6.29. The van der Waals surface area contributed by atoms with Crippen molar-refractivity contribution in [1.29, 1.82) is 0 Å². The number of halogens is 1. The van der Waals surface area contributed by atoms with E-state index >= 15 is 0 Å². The van der Waals surface area contributed by atoms with E-state index in [1.165, 1.54) is 0 Å². The van der Waals surface area contributed by atoms with Gasteiger partial charge in [0.1, 0.15) is 5.15 Å². The zero-order valence-electron chi connectivity index (χ0n) is 30.7. The Balaban J connectivity index is 0.000000162. The molecule has 9 rings (SSSR count). The third-order valence-electron chi connectivity index (χ3n) is 9.24. The standard InChI is InChI=1S/C25H19N5O.C19H14ClN5O/c1-26-25(31)20-9-5-8-18(12-20)21-14-24-28-16-23(30(24)29-15-21)19-10-11-27-22(13-19)17-6-3-2-4-7-17;1-21-19(26)14-4-2-3-12(7-14)15-9-18-23-11-16(25(18)24-10-15)13-5-6-22-17(20)8-13/h2-16H,1H3,(H,26,31);2-11H,1H3,(H,21,26). The topological polar surface area (TPSA) is 144 Å². The molecule has 2 amide bonds. The number of aromatic nitrogens is 8. The molecule has 0 fully saturated rings. The highest BCUT2D eigenvalue weighted by Crippen LogP contribution is 2.28. The summed E-state index contributed by atoms with van der Waals surface area (Å²) in [5, 5.41) is 14.8. The summed E-state index contributed by atoms with van der Waals surface area (Å²) in [5.74, 6) is -0.246. The van der Waals surface area contributed by atoms with Gasteiger partial charge in [-0.1, -0.05) is 66.2 Å². The predicted octanol–water partition coefficient (Wildman–Crippen LogP) is 7.96. The summed E-state index contributed by atoms with van der Waals surface area (Å²) in [6, 6.07) is 36.5. The largest absolute Gasteiger partial charge is 0.355 e. The number of nitrogens with zero attached hydrogens (tertiary/aromatic N) is 8. The SMILES string of the molecule is CNC(=O)c1cccc(-c2cnn3c(-c4ccnc(-c5ccccc5)c4)cnc3c2)c1.CNC(=O)c1cccc(-c2cnn3c(-c4ccnc(Cl)c4)cnc3c2)c1. The molecule has 0 aliphatic rings. The maximum absolute atomic E-state index is 12.0. The second-order valence-corrected chi connectivity index (χ2v) is 13.2. The lowest BCUT2D eigenvalue weighted by molar-refractivity contribution is 0.0955.